The first-order valence-electron chi connectivity index (χ1n) is 6.78. The number of halogens is 1. The molecule has 0 aliphatic heterocycles. The quantitative estimate of drug-likeness (QED) is 0.857. The van der Waals surface area contributed by atoms with Crippen LogP contribution in [0.5, 0.6) is 0 Å². The Morgan fingerprint density at radius 1 is 1.47 bits per heavy atom. The molecule has 3 rings (SSSR count). The number of fused-ring (bicyclic) bond motifs is 1. The first kappa shape index (κ1) is 12.2. The van der Waals surface area contributed by atoms with Crippen LogP contribution < -0.4 is 10.6 Å². The average molecular weight is 259 g/mol. The Balaban J connectivity index is 2.14. The van der Waals surface area contributed by atoms with E-state index >= 15 is 0 Å². The van der Waals surface area contributed by atoms with Crippen LogP contribution in [0.1, 0.15) is 19.8 Å². The highest BCUT2D eigenvalue weighted by molar-refractivity contribution is 5.98. The molecule has 1 heterocycles. The van der Waals surface area contributed by atoms with Gasteiger partial charge in [-0.05, 0) is 43.9 Å². The van der Waals surface area contributed by atoms with Gasteiger partial charge in [0.2, 0.25) is 0 Å². The van der Waals surface area contributed by atoms with Crippen LogP contribution in [-0.4, -0.2) is 18.1 Å². The Morgan fingerprint density at radius 3 is 2.95 bits per heavy atom. The standard InChI is InChI=1S/C15H18FN3/c1-2-19(9-10-5-6-10)15-12(16)8-13(17)11-4-3-7-18-14(11)15/h3-4,7-8,10H,2,5-6,9,17H2,1H3. The van der Waals surface area contributed by atoms with Gasteiger partial charge < -0.3 is 10.6 Å². The molecule has 1 saturated carbocycles. The lowest BCUT2D eigenvalue weighted by atomic mass is 10.1. The molecule has 0 unspecified atom stereocenters. The van der Waals surface area contributed by atoms with E-state index in [1.54, 1.807) is 6.20 Å². The zero-order valence-corrected chi connectivity index (χ0v) is 11.1. The van der Waals surface area contributed by atoms with Gasteiger partial charge in [-0.25, -0.2) is 4.39 Å². The Morgan fingerprint density at radius 2 is 2.26 bits per heavy atom. The fourth-order valence-electron chi connectivity index (χ4n) is 2.51. The van der Waals surface area contributed by atoms with Crippen molar-refractivity contribution in [2.75, 3.05) is 23.7 Å². The molecule has 0 saturated heterocycles. The topological polar surface area (TPSA) is 42.1 Å². The molecule has 1 aliphatic rings. The van der Waals surface area contributed by atoms with Gasteiger partial charge in [-0.15, -0.1) is 0 Å². The molecule has 0 bridgehead atoms. The number of rotatable bonds is 4. The van der Waals surface area contributed by atoms with E-state index in [2.05, 4.69) is 9.88 Å². The number of hydrogen-bond donors (Lipinski definition) is 1. The third-order valence-electron chi connectivity index (χ3n) is 3.72. The van der Waals surface area contributed by atoms with Crippen molar-refractivity contribution in [3.05, 3.63) is 30.2 Å². The van der Waals surface area contributed by atoms with E-state index in [1.807, 2.05) is 19.1 Å². The van der Waals surface area contributed by atoms with Gasteiger partial charge in [0, 0.05) is 30.4 Å². The lowest BCUT2D eigenvalue weighted by Crippen LogP contribution is -2.26. The van der Waals surface area contributed by atoms with Crippen LogP contribution in [0.2, 0.25) is 0 Å². The van der Waals surface area contributed by atoms with Crippen molar-refractivity contribution < 1.29 is 4.39 Å². The van der Waals surface area contributed by atoms with Crippen LogP contribution in [0.25, 0.3) is 10.9 Å². The van der Waals surface area contributed by atoms with E-state index in [0.29, 0.717) is 22.8 Å². The van der Waals surface area contributed by atoms with Gasteiger partial charge in [-0.2, -0.15) is 0 Å². The van der Waals surface area contributed by atoms with Gasteiger partial charge in [-0.3, -0.25) is 4.98 Å². The van der Waals surface area contributed by atoms with Crippen molar-refractivity contribution in [3.8, 4) is 0 Å². The molecule has 0 amide bonds. The summed E-state index contributed by atoms with van der Waals surface area (Å²) in [5, 5.41) is 0.827. The van der Waals surface area contributed by atoms with E-state index in [-0.39, 0.29) is 5.82 Å². The molecule has 2 aromatic rings. The Bertz CT molecular complexity index is 608. The van der Waals surface area contributed by atoms with E-state index in [0.717, 1.165) is 18.5 Å². The minimum absolute atomic E-state index is 0.272. The lowest BCUT2D eigenvalue weighted by molar-refractivity contribution is 0.616. The molecular formula is C15H18FN3. The van der Waals surface area contributed by atoms with Crippen molar-refractivity contribution in [1.29, 1.82) is 0 Å². The lowest BCUT2D eigenvalue weighted by Gasteiger charge is -2.25. The Hall–Kier alpha value is -1.84. The molecule has 1 aromatic carbocycles. The average Bonchev–Trinajstić information content (AvgIpc) is 3.21. The summed E-state index contributed by atoms with van der Waals surface area (Å²) < 4.78 is 14.3. The molecular weight excluding hydrogens is 241 g/mol. The second kappa shape index (κ2) is 4.68. The molecule has 3 nitrogen and oxygen atoms in total. The second-order valence-electron chi connectivity index (χ2n) is 5.18. The third-order valence-corrected chi connectivity index (χ3v) is 3.72. The molecule has 1 fully saturated rings. The highest BCUT2D eigenvalue weighted by Gasteiger charge is 2.26. The maximum absolute atomic E-state index is 14.3. The summed E-state index contributed by atoms with van der Waals surface area (Å²) in [4.78, 5) is 6.42. The predicted molar refractivity (Wildman–Crippen MR) is 76.7 cm³/mol. The van der Waals surface area contributed by atoms with Crippen molar-refractivity contribution in [2.24, 2.45) is 5.92 Å². The number of aromatic nitrogens is 1. The number of anilines is 2. The summed E-state index contributed by atoms with van der Waals surface area (Å²) in [6.45, 7) is 3.74. The first-order valence-corrected chi connectivity index (χ1v) is 6.78. The molecule has 2 N–H and O–H groups in total. The SMILES string of the molecule is CCN(CC1CC1)c1c(F)cc(N)c2cccnc12. The van der Waals surface area contributed by atoms with Crippen LogP contribution >= 0.6 is 0 Å². The zero-order valence-electron chi connectivity index (χ0n) is 11.1. The molecule has 19 heavy (non-hydrogen) atoms. The summed E-state index contributed by atoms with van der Waals surface area (Å²) in [6, 6.07) is 5.14. The fourth-order valence-corrected chi connectivity index (χ4v) is 2.51. The van der Waals surface area contributed by atoms with Crippen LogP contribution in [0.4, 0.5) is 15.8 Å². The van der Waals surface area contributed by atoms with E-state index in [1.165, 1.54) is 18.9 Å². The molecule has 100 valence electrons. The summed E-state index contributed by atoms with van der Waals surface area (Å²) in [5.41, 5.74) is 7.60. The minimum Gasteiger partial charge on any atom is -0.398 e. The van der Waals surface area contributed by atoms with Crippen molar-refractivity contribution in [1.82, 2.24) is 4.98 Å². The van der Waals surface area contributed by atoms with Crippen molar-refractivity contribution in [3.63, 3.8) is 0 Å². The normalized spacial score (nSPS) is 14.8. The minimum atomic E-state index is -0.272. The molecule has 0 radical (unpaired) electrons. The number of nitrogens with zero attached hydrogens (tertiary/aromatic N) is 2. The van der Waals surface area contributed by atoms with Gasteiger partial charge in [0.1, 0.15) is 0 Å². The summed E-state index contributed by atoms with van der Waals surface area (Å²) >= 11 is 0. The zero-order chi connectivity index (χ0) is 13.4. The van der Waals surface area contributed by atoms with Crippen LogP contribution in [-0.2, 0) is 0 Å². The van der Waals surface area contributed by atoms with Gasteiger partial charge in [-0.1, -0.05) is 0 Å². The largest absolute Gasteiger partial charge is 0.398 e. The number of nitrogens with two attached hydrogens (primary N) is 1. The van der Waals surface area contributed by atoms with Gasteiger partial charge in [0.15, 0.2) is 5.82 Å². The summed E-state index contributed by atoms with van der Waals surface area (Å²) in [6.07, 6.45) is 4.19. The van der Waals surface area contributed by atoms with E-state index in [4.69, 9.17) is 5.73 Å². The predicted octanol–water partition coefficient (Wildman–Crippen LogP) is 3.19. The van der Waals surface area contributed by atoms with Crippen molar-refractivity contribution in [2.45, 2.75) is 19.8 Å². The molecule has 1 aliphatic carbocycles. The van der Waals surface area contributed by atoms with Crippen LogP contribution in [0.15, 0.2) is 24.4 Å². The maximum Gasteiger partial charge on any atom is 0.150 e. The van der Waals surface area contributed by atoms with Gasteiger partial charge >= 0.3 is 0 Å². The highest BCUT2D eigenvalue weighted by Crippen LogP contribution is 2.36. The molecule has 1 aromatic heterocycles. The third kappa shape index (κ3) is 2.23. The molecule has 0 atom stereocenters. The monoisotopic (exact) mass is 259 g/mol. The molecule has 4 heteroatoms. The Kier molecular flexibility index (Phi) is 3.01. The van der Waals surface area contributed by atoms with E-state index < -0.39 is 0 Å². The highest BCUT2D eigenvalue weighted by atomic mass is 19.1. The Labute approximate surface area is 112 Å². The maximum atomic E-state index is 14.3. The van der Waals surface area contributed by atoms with E-state index in [9.17, 15) is 4.39 Å². The summed E-state index contributed by atoms with van der Waals surface area (Å²) in [5.74, 6) is 0.432. The van der Waals surface area contributed by atoms with Crippen molar-refractivity contribution >= 4 is 22.3 Å². The smallest absolute Gasteiger partial charge is 0.150 e. The number of hydrogen-bond acceptors (Lipinski definition) is 3. The first-order chi connectivity index (χ1) is 9.20. The number of benzene rings is 1. The van der Waals surface area contributed by atoms with Gasteiger partial charge in [0.05, 0.1) is 11.2 Å². The second-order valence-corrected chi connectivity index (χ2v) is 5.18. The summed E-state index contributed by atoms with van der Waals surface area (Å²) in [7, 11) is 0. The number of pyridine rings is 1. The van der Waals surface area contributed by atoms with Crippen LogP contribution in [0, 0.1) is 11.7 Å². The molecule has 0 spiro atoms. The fraction of sp³-hybridized carbons (Fsp3) is 0.400. The number of nitrogen functional groups attached to an aromatic ring is 1. The van der Waals surface area contributed by atoms with Gasteiger partial charge in [0.25, 0.3) is 0 Å². The van der Waals surface area contributed by atoms with Crippen LogP contribution in [0.3, 0.4) is 0 Å².